The number of benzene rings is 1. The van der Waals surface area contributed by atoms with Crippen LogP contribution in [0.5, 0.6) is 0 Å². The Kier molecular flexibility index (Phi) is 4.02. The molecule has 0 atom stereocenters. The minimum Gasteiger partial charge on any atom is -0.349 e. The molecule has 3 nitrogen and oxygen atoms in total. The van der Waals surface area contributed by atoms with Crippen molar-refractivity contribution in [2.24, 2.45) is 5.73 Å². The zero-order valence-corrected chi connectivity index (χ0v) is 11.2. The minimum atomic E-state index is 0.0525. The maximum Gasteiger partial charge on any atom is 0.251 e. The molecule has 0 spiro atoms. The normalized spacial score (nSPS) is 23.7. The van der Waals surface area contributed by atoms with E-state index >= 15 is 0 Å². The van der Waals surface area contributed by atoms with Gasteiger partial charge in [0.2, 0.25) is 0 Å². The highest BCUT2D eigenvalue weighted by Crippen LogP contribution is 2.18. The quantitative estimate of drug-likeness (QED) is 0.841. The molecule has 0 bridgehead atoms. The molecule has 0 aromatic heterocycles. The van der Waals surface area contributed by atoms with Crippen molar-refractivity contribution < 1.29 is 4.79 Å². The first-order valence-electron chi connectivity index (χ1n) is 6.70. The van der Waals surface area contributed by atoms with E-state index in [0.717, 1.165) is 42.4 Å². The molecule has 18 heavy (non-hydrogen) atoms. The summed E-state index contributed by atoms with van der Waals surface area (Å²) in [5.41, 5.74) is 8.90. The Labute approximate surface area is 109 Å². The largest absolute Gasteiger partial charge is 0.349 e. The second-order valence-electron chi connectivity index (χ2n) is 5.33. The van der Waals surface area contributed by atoms with Crippen LogP contribution in [0.15, 0.2) is 18.2 Å². The van der Waals surface area contributed by atoms with Crippen LogP contribution in [0.2, 0.25) is 0 Å². The summed E-state index contributed by atoms with van der Waals surface area (Å²) in [7, 11) is 0. The fourth-order valence-electron chi connectivity index (χ4n) is 2.52. The van der Waals surface area contributed by atoms with Gasteiger partial charge in [0, 0.05) is 17.6 Å². The molecule has 2 rings (SSSR count). The van der Waals surface area contributed by atoms with Crippen LogP contribution in [0.4, 0.5) is 0 Å². The molecule has 0 radical (unpaired) electrons. The van der Waals surface area contributed by atoms with Crippen LogP contribution in [0, 0.1) is 13.8 Å². The molecular weight excluding hydrogens is 224 g/mol. The second kappa shape index (κ2) is 5.53. The van der Waals surface area contributed by atoms with Crippen molar-refractivity contribution in [3.8, 4) is 0 Å². The van der Waals surface area contributed by atoms with E-state index in [0.29, 0.717) is 6.04 Å². The molecule has 0 heterocycles. The molecule has 1 amide bonds. The maximum atomic E-state index is 12.2. The van der Waals surface area contributed by atoms with E-state index in [1.165, 1.54) is 0 Å². The third-order valence-corrected chi connectivity index (χ3v) is 3.96. The van der Waals surface area contributed by atoms with Crippen molar-refractivity contribution in [3.63, 3.8) is 0 Å². The Balaban J connectivity index is 2.01. The molecule has 1 saturated carbocycles. The first kappa shape index (κ1) is 13.1. The first-order chi connectivity index (χ1) is 8.58. The van der Waals surface area contributed by atoms with E-state index in [9.17, 15) is 4.79 Å². The molecule has 0 unspecified atom stereocenters. The van der Waals surface area contributed by atoms with Gasteiger partial charge in [0.15, 0.2) is 0 Å². The zero-order chi connectivity index (χ0) is 13.1. The Morgan fingerprint density at radius 1 is 1.22 bits per heavy atom. The van der Waals surface area contributed by atoms with Crippen LogP contribution in [-0.4, -0.2) is 18.0 Å². The number of carbonyl (C=O) groups is 1. The van der Waals surface area contributed by atoms with E-state index in [-0.39, 0.29) is 11.9 Å². The zero-order valence-electron chi connectivity index (χ0n) is 11.2. The Hall–Kier alpha value is -1.35. The fraction of sp³-hybridized carbons (Fsp3) is 0.533. The molecule has 3 heteroatoms. The predicted molar refractivity (Wildman–Crippen MR) is 73.6 cm³/mol. The number of carbonyl (C=O) groups excluding carboxylic acids is 1. The van der Waals surface area contributed by atoms with Gasteiger partial charge in [0.25, 0.3) is 5.91 Å². The summed E-state index contributed by atoms with van der Waals surface area (Å²) in [6.07, 6.45) is 4.02. The monoisotopic (exact) mass is 246 g/mol. The van der Waals surface area contributed by atoms with Crippen LogP contribution < -0.4 is 11.1 Å². The minimum absolute atomic E-state index is 0.0525. The van der Waals surface area contributed by atoms with Gasteiger partial charge in [0.05, 0.1) is 0 Å². The van der Waals surface area contributed by atoms with Crippen molar-refractivity contribution in [2.75, 3.05) is 0 Å². The standard InChI is InChI=1S/C15H22N2O/c1-10-4-3-5-14(11(10)2)15(18)17-13-8-6-12(16)7-9-13/h3-5,12-13H,6-9,16H2,1-2H3,(H,17,18). The maximum absolute atomic E-state index is 12.2. The summed E-state index contributed by atoms with van der Waals surface area (Å²) >= 11 is 0. The summed E-state index contributed by atoms with van der Waals surface area (Å²) in [6, 6.07) is 6.47. The van der Waals surface area contributed by atoms with Gasteiger partial charge in [-0.2, -0.15) is 0 Å². The van der Waals surface area contributed by atoms with E-state index in [2.05, 4.69) is 5.32 Å². The van der Waals surface area contributed by atoms with E-state index in [1.54, 1.807) is 0 Å². The lowest BCUT2D eigenvalue weighted by molar-refractivity contribution is 0.0925. The van der Waals surface area contributed by atoms with Gasteiger partial charge in [-0.1, -0.05) is 12.1 Å². The average Bonchev–Trinajstić information content (AvgIpc) is 2.35. The fourth-order valence-corrected chi connectivity index (χ4v) is 2.52. The van der Waals surface area contributed by atoms with Gasteiger partial charge in [-0.15, -0.1) is 0 Å². The first-order valence-corrected chi connectivity index (χ1v) is 6.70. The molecule has 1 aliphatic rings. The third kappa shape index (κ3) is 2.91. The van der Waals surface area contributed by atoms with Crippen LogP contribution in [0.1, 0.15) is 47.2 Å². The van der Waals surface area contributed by atoms with E-state index in [1.807, 2.05) is 32.0 Å². The number of rotatable bonds is 2. The van der Waals surface area contributed by atoms with Crippen molar-refractivity contribution >= 4 is 5.91 Å². The number of hydrogen-bond donors (Lipinski definition) is 2. The molecular formula is C15H22N2O. The van der Waals surface area contributed by atoms with Crippen LogP contribution in [0.3, 0.4) is 0 Å². The molecule has 1 fully saturated rings. The van der Waals surface area contributed by atoms with Crippen molar-refractivity contribution in [1.82, 2.24) is 5.32 Å². The number of nitrogens with two attached hydrogens (primary N) is 1. The van der Waals surface area contributed by atoms with Crippen LogP contribution in [0.25, 0.3) is 0 Å². The summed E-state index contributed by atoms with van der Waals surface area (Å²) in [6.45, 7) is 4.03. The highest BCUT2D eigenvalue weighted by Gasteiger charge is 2.21. The lowest BCUT2D eigenvalue weighted by atomic mass is 9.91. The Bertz CT molecular complexity index is 434. The van der Waals surface area contributed by atoms with Gasteiger partial charge in [-0.05, 0) is 56.7 Å². The number of aryl methyl sites for hydroxylation is 1. The van der Waals surface area contributed by atoms with Crippen LogP contribution in [-0.2, 0) is 0 Å². The van der Waals surface area contributed by atoms with Crippen molar-refractivity contribution in [2.45, 2.75) is 51.6 Å². The molecule has 1 aromatic carbocycles. The van der Waals surface area contributed by atoms with Gasteiger partial charge in [-0.25, -0.2) is 0 Å². The Morgan fingerprint density at radius 2 is 1.89 bits per heavy atom. The summed E-state index contributed by atoms with van der Waals surface area (Å²) < 4.78 is 0. The van der Waals surface area contributed by atoms with Crippen LogP contribution >= 0.6 is 0 Å². The highest BCUT2D eigenvalue weighted by molar-refractivity contribution is 5.96. The molecule has 3 N–H and O–H groups in total. The number of amides is 1. The van der Waals surface area contributed by atoms with Crippen molar-refractivity contribution in [1.29, 1.82) is 0 Å². The predicted octanol–water partition coefficient (Wildman–Crippen LogP) is 2.30. The molecule has 1 aliphatic carbocycles. The molecule has 0 aliphatic heterocycles. The van der Waals surface area contributed by atoms with Gasteiger partial charge >= 0.3 is 0 Å². The summed E-state index contributed by atoms with van der Waals surface area (Å²) in [4.78, 5) is 12.2. The topological polar surface area (TPSA) is 55.1 Å². The van der Waals surface area contributed by atoms with Gasteiger partial charge in [0.1, 0.15) is 0 Å². The summed E-state index contributed by atoms with van der Waals surface area (Å²) in [5.74, 6) is 0.0525. The van der Waals surface area contributed by atoms with E-state index in [4.69, 9.17) is 5.73 Å². The molecule has 1 aromatic rings. The number of hydrogen-bond acceptors (Lipinski definition) is 2. The molecule has 98 valence electrons. The average molecular weight is 246 g/mol. The third-order valence-electron chi connectivity index (χ3n) is 3.96. The lowest BCUT2D eigenvalue weighted by Crippen LogP contribution is -2.40. The SMILES string of the molecule is Cc1cccc(C(=O)NC2CCC(N)CC2)c1C. The highest BCUT2D eigenvalue weighted by atomic mass is 16.1. The second-order valence-corrected chi connectivity index (χ2v) is 5.33. The Morgan fingerprint density at radius 3 is 2.56 bits per heavy atom. The van der Waals surface area contributed by atoms with E-state index < -0.39 is 0 Å². The van der Waals surface area contributed by atoms with Crippen molar-refractivity contribution in [3.05, 3.63) is 34.9 Å². The van der Waals surface area contributed by atoms with Gasteiger partial charge in [-0.3, -0.25) is 4.79 Å². The summed E-state index contributed by atoms with van der Waals surface area (Å²) in [5, 5.41) is 3.13. The molecule has 0 saturated heterocycles. The number of nitrogens with one attached hydrogen (secondary N) is 1. The smallest absolute Gasteiger partial charge is 0.251 e. The van der Waals surface area contributed by atoms with Gasteiger partial charge < -0.3 is 11.1 Å². The lowest BCUT2D eigenvalue weighted by Gasteiger charge is -2.27.